The summed E-state index contributed by atoms with van der Waals surface area (Å²) in [4.78, 5) is 34.6. The van der Waals surface area contributed by atoms with Crippen LogP contribution in [0.15, 0.2) is 72.8 Å². The van der Waals surface area contributed by atoms with E-state index in [-0.39, 0.29) is 17.7 Å². The van der Waals surface area contributed by atoms with Crippen molar-refractivity contribution in [2.75, 3.05) is 44.7 Å². The van der Waals surface area contributed by atoms with Crippen LogP contribution in [0.5, 0.6) is 0 Å². The van der Waals surface area contributed by atoms with Crippen LogP contribution in [0.4, 0.5) is 5.69 Å². The predicted molar refractivity (Wildman–Crippen MR) is 134 cm³/mol. The third-order valence-electron chi connectivity index (χ3n) is 7.73. The Hall–Kier alpha value is -3.44. The Labute approximate surface area is 200 Å². The fourth-order valence-electron chi connectivity index (χ4n) is 5.93. The normalized spacial score (nSPS) is 22.1. The zero-order valence-corrected chi connectivity index (χ0v) is 19.5. The maximum atomic E-state index is 14.5. The zero-order valence-electron chi connectivity index (χ0n) is 19.5. The van der Waals surface area contributed by atoms with E-state index in [0.717, 1.165) is 55.0 Å². The molecule has 2 atom stereocenters. The Morgan fingerprint density at radius 3 is 2.29 bits per heavy atom. The molecule has 3 aromatic rings. The summed E-state index contributed by atoms with van der Waals surface area (Å²) in [7, 11) is 2.14. The Balaban J connectivity index is 1.49. The first kappa shape index (κ1) is 21.1. The highest BCUT2D eigenvalue weighted by molar-refractivity contribution is 6.09. The minimum absolute atomic E-state index is 0.0338. The number of carbonyl (C=O) groups is 2. The van der Waals surface area contributed by atoms with Gasteiger partial charge in [0.05, 0.1) is 12.0 Å². The van der Waals surface area contributed by atoms with Crippen molar-refractivity contribution in [1.82, 2.24) is 9.80 Å². The number of hydrogen-bond donors (Lipinski definition) is 0. The SMILES string of the molecule is CN1CCN(c2ccccc2C(=O)[C@@H]2c3ccccc3C(=O)N3CCc4ccccc4[C@@H]23)CC1. The van der Waals surface area contributed by atoms with Gasteiger partial charge in [0.1, 0.15) is 0 Å². The van der Waals surface area contributed by atoms with Crippen LogP contribution in [-0.2, 0) is 6.42 Å². The number of Topliss-reactive ketones (excluding diaryl/α,β-unsaturated/α-hetero) is 1. The summed E-state index contributed by atoms with van der Waals surface area (Å²) in [5, 5.41) is 0. The quantitative estimate of drug-likeness (QED) is 0.561. The van der Waals surface area contributed by atoms with E-state index in [4.69, 9.17) is 0 Å². The molecule has 0 aliphatic carbocycles. The number of benzene rings is 3. The summed E-state index contributed by atoms with van der Waals surface area (Å²) < 4.78 is 0. The van der Waals surface area contributed by atoms with Gasteiger partial charge in [-0.05, 0) is 48.4 Å². The number of rotatable bonds is 3. The largest absolute Gasteiger partial charge is 0.368 e. The van der Waals surface area contributed by atoms with Crippen molar-refractivity contribution in [2.24, 2.45) is 0 Å². The Morgan fingerprint density at radius 2 is 1.47 bits per heavy atom. The number of hydrogen-bond acceptors (Lipinski definition) is 4. The molecule has 0 aromatic heterocycles. The molecule has 5 heteroatoms. The van der Waals surface area contributed by atoms with Gasteiger partial charge in [0.15, 0.2) is 5.78 Å². The summed E-state index contributed by atoms with van der Waals surface area (Å²) >= 11 is 0. The summed E-state index contributed by atoms with van der Waals surface area (Å²) in [5.41, 5.74) is 5.61. The fourth-order valence-corrected chi connectivity index (χ4v) is 5.93. The average Bonchev–Trinajstić information content (AvgIpc) is 2.89. The molecule has 0 N–H and O–H groups in total. The van der Waals surface area contributed by atoms with Gasteiger partial charge in [-0.15, -0.1) is 0 Å². The Kier molecular flexibility index (Phi) is 5.22. The molecular weight excluding hydrogens is 422 g/mol. The molecule has 0 spiro atoms. The standard InChI is InChI=1S/C29H29N3O2/c1-30-16-18-31(19-17-30)25-13-7-6-12-24(25)28(33)26-22-10-4-5-11-23(22)29(34)32-15-14-20-8-2-3-9-21(20)27(26)32/h2-13,26-27H,14-19H2,1H3/t26-,27+/m1/s1. The smallest absolute Gasteiger partial charge is 0.254 e. The van der Waals surface area contributed by atoms with Crippen molar-refractivity contribution in [3.05, 3.63) is 101 Å². The monoisotopic (exact) mass is 451 g/mol. The van der Waals surface area contributed by atoms with Gasteiger partial charge < -0.3 is 14.7 Å². The summed E-state index contributed by atoms with van der Waals surface area (Å²) in [6.07, 6.45) is 0.819. The molecule has 34 heavy (non-hydrogen) atoms. The number of piperazine rings is 1. The molecule has 3 aliphatic rings. The first-order valence-electron chi connectivity index (χ1n) is 12.2. The molecule has 1 fully saturated rings. The minimum Gasteiger partial charge on any atom is -0.368 e. The average molecular weight is 452 g/mol. The van der Waals surface area contributed by atoms with E-state index in [0.29, 0.717) is 12.1 Å². The molecule has 3 aliphatic heterocycles. The molecule has 3 aromatic carbocycles. The van der Waals surface area contributed by atoms with E-state index < -0.39 is 5.92 Å². The maximum Gasteiger partial charge on any atom is 0.254 e. The Bertz CT molecular complexity index is 1260. The van der Waals surface area contributed by atoms with Crippen molar-refractivity contribution in [3.8, 4) is 0 Å². The van der Waals surface area contributed by atoms with E-state index in [2.05, 4.69) is 35.0 Å². The van der Waals surface area contributed by atoms with Gasteiger partial charge in [0.25, 0.3) is 5.91 Å². The summed E-state index contributed by atoms with van der Waals surface area (Å²) in [6, 6.07) is 23.7. The van der Waals surface area contributed by atoms with Crippen molar-refractivity contribution >= 4 is 17.4 Å². The van der Waals surface area contributed by atoms with Crippen molar-refractivity contribution in [3.63, 3.8) is 0 Å². The van der Waals surface area contributed by atoms with Crippen LogP contribution in [-0.4, -0.2) is 61.3 Å². The van der Waals surface area contributed by atoms with Gasteiger partial charge in [-0.1, -0.05) is 54.6 Å². The molecule has 1 amide bonds. The van der Waals surface area contributed by atoms with Gasteiger partial charge in [0, 0.05) is 49.5 Å². The fraction of sp³-hybridized carbons (Fsp3) is 0.310. The van der Waals surface area contributed by atoms with Crippen molar-refractivity contribution in [1.29, 1.82) is 0 Å². The first-order chi connectivity index (χ1) is 16.6. The second-order valence-electron chi connectivity index (χ2n) is 9.63. The van der Waals surface area contributed by atoms with E-state index in [1.807, 2.05) is 59.5 Å². The summed E-state index contributed by atoms with van der Waals surface area (Å²) in [6.45, 7) is 4.40. The van der Waals surface area contributed by atoms with E-state index in [1.165, 1.54) is 5.56 Å². The van der Waals surface area contributed by atoms with Crippen LogP contribution in [0.2, 0.25) is 0 Å². The topological polar surface area (TPSA) is 43.9 Å². The lowest BCUT2D eigenvalue weighted by atomic mass is 9.73. The molecule has 0 saturated carbocycles. The number of para-hydroxylation sites is 1. The lowest BCUT2D eigenvalue weighted by molar-refractivity contribution is 0.0566. The number of anilines is 1. The van der Waals surface area contributed by atoms with Crippen LogP contribution in [0.1, 0.15) is 49.4 Å². The molecule has 5 nitrogen and oxygen atoms in total. The van der Waals surface area contributed by atoms with E-state index >= 15 is 0 Å². The van der Waals surface area contributed by atoms with Gasteiger partial charge in [-0.25, -0.2) is 0 Å². The first-order valence-corrected chi connectivity index (χ1v) is 12.2. The number of amides is 1. The highest BCUT2D eigenvalue weighted by Gasteiger charge is 2.46. The van der Waals surface area contributed by atoms with Crippen LogP contribution in [0.25, 0.3) is 0 Å². The lowest BCUT2D eigenvalue weighted by Crippen LogP contribution is -2.48. The van der Waals surface area contributed by atoms with Gasteiger partial charge in [-0.3, -0.25) is 9.59 Å². The second kappa shape index (κ2) is 8.41. The van der Waals surface area contributed by atoms with Crippen LogP contribution < -0.4 is 4.90 Å². The van der Waals surface area contributed by atoms with Crippen LogP contribution in [0, 0.1) is 0 Å². The van der Waals surface area contributed by atoms with Gasteiger partial charge in [-0.2, -0.15) is 0 Å². The van der Waals surface area contributed by atoms with Crippen LogP contribution in [0.3, 0.4) is 0 Å². The van der Waals surface area contributed by atoms with E-state index in [9.17, 15) is 9.59 Å². The number of likely N-dealkylation sites (N-methyl/N-ethyl adjacent to an activating group) is 1. The maximum absolute atomic E-state index is 14.5. The minimum atomic E-state index is -0.427. The molecule has 3 heterocycles. The third kappa shape index (κ3) is 3.34. The Morgan fingerprint density at radius 1 is 0.794 bits per heavy atom. The van der Waals surface area contributed by atoms with Crippen molar-refractivity contribution in [2.45, 2.75) is 18.4 Å². The highest BCUT2D eigenvalue weighted by atomic mass is 16.2. The number of ketones is 1. The molecule has 6 rings (SSSR count). The van der Waals surface area contributed by atoms with Gasteiger partial charge in [0.2, 0.25) is 0 Å². The lowest BCUT2D eigenvalue weighted by Gasteiger charge is -2.45. The summed E-state index contributed by atoms with van der Waals surface area (Å²) in [5.74, 6) is -0.295. The molecule has 0 bridgehead atoms. The van der Waals surface area contributed by atoms with E-state index in [1.54, 1.807) is 0 Å². The molecule has 0 unspecified atom stereocenters. The molecular formula is C29H29N3O2. The zero-order chi connectivity index (χ0) is 23.2. The number of carbonyl (C=O) groups excluding carboxylic acids is 2. The number of fused-ring (bicyclic) bond motifs is 4. The molecule has 1 saturated heterocycles. The third-order valence-corrected chi connectivity index (χ3v) is 7.73. The number of nitrogens with zero attached hydrogens (tertiary/aromatic N) is 3. The highest BCUT2D eigenvalue weighted by Crippen LogP contribution is 2.47. The van der Waals surface area contributed by atoms with Gasteiger partial charge >= 0.3 is 0 Å². The van der Waals surface area contributed by atoms with Crippen molar-refractivity contribution < 1.29 is 9.59 Å². The molecule has 0 radical (unpaired) electrons. The second-order valence-corrected chi connectivity index (χ2v) is 9.63. The predicted octanol–water partition coefficient (Wildman–Crippen LogP) is 4.16. The van der Waals surface area contributed by atoms with Crippen LogP contribution >= 0.6 is 0 Å². The molecule has 172 valence electrons.